The summed E-state index contributed by atoms with van der Waals surface area (Å²) >= 11 is 14.0. The summed E-state index contributed by atoms with van der Waals surface area (Å²) in [5.74, 6) is -0.272. The molecule has 2 heterocycles. The zero-order valence-corrected chi connectivity index (χ0v) is 18.9. The number of benzene rings is 3. The molecule has 1 saturated heterocycles. The summed E-state index contributed by atoms with van der Waals surface area (Å²) in [6.45, 7) is 2.16. The second-order valence-electron chi connectivity index (χ2n) is 7.56. The molecule has 7 heteroatoms. The summed E-state index contributed by atoms with van der Waals surface area (Å²) in [5.41, 5.74) is 3.04. The van der Waals surface area contributed by atoms with Crippen LogP contribution < -0.4 is 9.80 Å². The average Bonchev–Trinajstić information content (AvgIpc) is 3.16. The second-order valence-corrected chi connectivity index (χ2v) is 9.93. The van der Waals surface area contributed by atoms with E-state index in [1.807, 2.05) is 61.5 Å². The van der Waals surface area contributed by atoms with E-state index in [-0.39, 0.29) is 17.1 Å². The first kappa shape index (κ1) is 20.4. The molecule has 0 aromatic heterocycles. The molecule has 156 valence electrons. The van der Waals surface area contributed by atoms with Crippen molar-refractivity contribution in [2.75, 3.05) is 9.80 Å². The number of amides is 2. The lowest BCUT2D eigenvalue weighted by atomic mass is 10.0. The minimum atomic E-state index is -1.18. The van der Waals surface area contributed by atoms with E-state index in [0.29, 0.717) is 22.3 Å². The standard InChI is InChI=1S/C24H18Cl2N2O2S/c1-15-22(29)28(18-9-6-8-17(25)13-18)24(31-15)19-10-3-5-12-21(19)27(23(24)30)14-16-7-2-4-11-20(16)26/h2-13,15H,14H2,1H3/t15-,24-/m1/s1. The zero-order chi connectivity index (χ0) is 21.8. The summed E-state index contributed by atoms with van der Waals surface area (Å²) in [7, 11) is 0. The number of carbonyl (C=O) groups excluding carboxylic acids is 2. The van der Waals surface area contributed by atoms with Crippen LogP contribution in [0.5, 0.6) is 0 Å². The molecular formula is C24H18Cl2N2O2S. The number of thioether (sulfide) groups is 1. The fourth-order valence-electron chi connectivity index (χ4n) is 4.31. The molecule has 2 aliphatic heterocycles. The van der Waals surface area contributed by atoms with Crippen molar-refractivity contribution in [2.24, 2.45) is 0 Å². The van der Waals surface area contributed by atoms with Gasteiger partial charge in [0.05, 0.1) is 17.5 Å². The Morgan fingerprint density at radius 2 is 1.71 bits per heavy atom. The summed E-state index contributed by atoms with van der Waals surface area (Å²) < 4.78 is 0. The van der Waals surface area contributed by atoms with Crippen LogP contribution >= 0.6 is 35.0 Å². The largest absolute Gasteiger partial charge is 0.304 e. The van der Waals surface area contributed by atoms with Crippen LogP contribution in [0.2, 0.25) is 10.0 Å². The van der Waals surface area contributed by atoms with Gasteiger partial charge in [0.15, 0.2) is 0 Å². The van der Waals surface area contributed by atoms with E-state index < -0.39 is 4.87 Å². The first-order chi connectivity index (χ1) is 14.9. The highest BCUT2D eigenvalue weighted by Crippen LogP contribution is 2.58. The molecule has 2 amide bonds. The fraction of sp³-hybridized carbons (Fsp3) is 0.167. The van der Waals surface area contributed by atoms with Crippen molar-refractivity contribution in [1.82, 2.24) is 0 Å². The third kappa shape index (κ3) is 3.06. The minimum Gasteiger partial charge on any atom is -0.304 e. The molecule has 0 saturated carbocycles. The summed E-state index contributed by atoms with van der Waals surface area (Å²) in [6, 6.07) is 22.2. The molecule has 0 radical (unpaired) electrons. The lowest BCUT2D eigenvalue weighted by Gasteiger charge is -2.33. The van der Waals surface area contributed by atoms with E-state index in [1.54, 1.807) is 28.0 Å². The molecule has 2 aliphatic rings. The molecule has 0 aliphatic carbocycles. The van der Waals surface area contributed by atoms with Crippen molar-refractivity contribution in [3.05, 3.63) is 94.0 Å². The van der Waals surface area contributed by atoms with Crippen LogP contribution in [-0.4, -0.2) is 17.1 Å². The van der Waals surface area contributed by atoms with Crippen molar-refractivity contribution in [3.63, 3.8) is 0 Å². The third-order valence-electron chi connectivity index (χ3n) is 5.68. The van der Waals surface area contributed by atoms with Gasteiger partial charge in [0.25, 0.3) is 5.91 Å². The maximum Gasteiger partial charge on any atom is 0.269 e. The highest BCUT2D eigenvalue weighted by molar-refractivity contribution is 8.03. The van der Waals surface area contributed by atoms with Crippen molar-refractivity contribution in [3.8, 4) is 0 Å². The number of carbonyl (C=O) groups is 2. The number of hydrogen-bond acceptors (Lipinski definition) is 3. The average molecular weight is 469 g/mol. The van der Waals surface area contributed by atoms with Crippen LogP contribution in [0.1, 0.15) is 18.1 Å². The van der Waals surface area contributed by atoms with Gasteiger partial charge in [-0.1, -0.05) is 65.7 Å². The minimum absolute atomic E-state index is 0.116. The molecule has 31 heavy (non-hydrogen) atoms. The van der Waals surface area contributed by atoms with E-state index in [0.717, 1.165) is 16.8 Å². The molecule has 0 unspecified atom stereocenters. The van der Waals surface area contributed by atoms with Crippen molar-refractivity contribution >= 4 is 58.2 Å². The van der Waals surface area contributed by atoms with E-state index in [2.05, 4.69) is 0 Å². The van der Waals surface area contributed by atoms with Gasteiger partial charge in [-0.3, -0.25) is 14.5 Å². The summed E-state index contributed by atoms with van der Waals surface area (Å²) in [4.78, 5) is 29.6. The lowest BCUT2D eigenvalue weighted by Crippen LogP contribution is -2.49. The van der Waals surface area contributed by atoms with Gasteiger partial charge in [-0.2, -0.15) is 0 Å². The number of para-hydroxylation sites is 1. The Hall–Kier alpha value is -2.47. The molecule has 3 aromatic carbocycles. The maximum absolute atomic E-state index is 14.1. The molecule has 1 spiro atoms. The smallest absolute Gasteiger partial charge is 0.269 e. The Kier molecular flexibility index (Phi) is 5.00. The molecule has 1 fully saturated rings. The van der Waals surface area contributed by atoms with Gasteiger partial charge >= 0.3 is 0 Å². The lowest BCUT2D eigenvalue weighted by molar-refractivity contribution is -0.124. The fourth-order valence-corrected chi connectivity index (χ4v) is 6.22. The molecule has 0 bridgehead atoms. The Balaban J connectivity index is 1.68. The molecule has 3 aromatic rings. The molecule has 5 rings (SSSR count). The van der Waals surface area contributed by atoms with Crippen LogP contribution in [0.15, 0.2) is 72.8 Å². The monoisotopic (exact) mass is 468 g/mol. The van der Waals surface area contributed by atoms with E-state index >= 15 is 0 Å². The summed E-state index contributed by atoms with van der Waals surface area (Å²) in [6.07, 6.45) is 0. The molecule has 0 N–H and O–H groups in total. The van der Waals surface area contributed by atoms with Gasteiger partial charge in [0.2, 0.25) is 10.8 Å². The van der Waals surface area contributed by atoms with Crippen LogP contribution in [-0.2, 0) is 21.0 Å². The SMILES string of the molecule is C[C@H]1S[C@]2(C(=O)N(Cc3ccccc3Cl)c3ccccc32)N(c2cccc(Cl)c2)C1=O. The Labute approximate surface area is 194 Å². The van der Waals surface area contributed by atoms with Crippen LogP contribution in [0, 0.1) is 0 Å². The van der Waals surface area contributed by atoms with Crippen molar-refractivity contribution < 1.29 is 9.59 Å². The van der Waals surface area contributed by atoms with E-state index in [9.17, 15) is 9.59 Å². The third-order valence-corrected chi connectivity index (χ3v) is 7.76. The Morgan fingerprint density at radius 3 is 2.48 bits per heavy atom. The number of rotatable bonds is 3. The van der Waals surface area contributed by atoms with Gasteiger partial charge in [0, 0.05) is 21.3 Å². The quantitative estimate of drug-likeness (QED) is 0.483. The molecular weight excluding hydrogens is 451 g/mol. The Morgan fingerprint density at radius 1 is 0.968 bits per heavy atom. The topological polar surface area (TPSA) is 40.6 Å². The van der Waals surface area contributed by atoms with Crippen LogP contribution in [0.3, 0.4) is 0 Å². The molecule has 4 nitrogen and oxygen atoms in total. The predicted molar refractivity (Wildman–Crippen MR) is 127 cm³/mol. The first-order valence-corrected chi connectivity index (χ1v) is 11.5. The highest BCUT2D eigenvalue weighted by atomic mass is 35.5. The van der Waals surface area contributed by atoms with E-state index in [1.165, 1.54) is 11.8 Å². The van der Waals surface area contributed by atoms with Gasteiger partial charge in [-0.05, 0) is 42.8 Å². The maximum atomic E-state index is 14.1. The van der Waals surface area contributed by atoms with Crippen molar-refractivity contribution in [2.45, 2.75) is 23.6 Å². The first-order valence-electron chi connectivity index (χ1n) is 9.86. The Bertz CT molecular complexity index is 1220. The number of anilines is 2. The van der Waals surface area contributed by atoms with Gasteiger partial charge in [-0.15, -0.1) is 11.8 Å². The highest BCUT2D eigenvalue weighted by Gasteiger charge is 2.63. The number of halogens is 2. The van der Waals surface area contributed by atoms with Gasteiger partial charge in [-0.25, -0.2) is 0 Å². The van der Waals surface area contributed by atoms with Crippen LogP contribution in [0.25, 0.3) is 0 Å². The number of fused-ring (bicyclic) bond motifs is 2. The van der Waals surface area contributed by atoms with Crippen molar-refractivity contribution in [1.29, 1.82) is 0 Å². The normalized spacial score (nSPS) is 22.5. The summed E-state index contributed by atoms with van der Waals surface area (Å²) in [5, 5.41) is 0.733. The van der Waals surface area contributed by atoms with Gasteiger partial charge in [0.1, 0.15) is 0 Å². The number of hydrogen-bond donors (Lipinski definition) is 0. The van der Waals surface area contributed by atoms with E-state index in [4.69, 9.17) is 23.2 Å². The van der Waals surface area contributed by atoms with Crippen LogP contribution in [0.4, 0.5) is 11.4 Å². The van der Waals surface area contributed by atoms with Gasteiger partial charge < -0.3 is 4.90 Å². The zero-order valence-electron chi connectivity index (χ0n) is 16.6. The second kappa shape index (κ2) is 7.59. The number of nitrogens with zero attached hydrogens (tertiary/aromatic N) is 2. The predicted octanol–water partition coefficient (Wildman–Crippen LogP) is 5.86. The molecule has 2 atom stereocenters.